The van der Waals surface area contributed by atoms with E-state index in [2.05, 4.69) is 0 Å². The Balaban J connectivity index is 1.79. The van der Waals surface area contributed by atoms with Crippen LogP contribution in [0.5, 0.6) is 0 Å². The van der Waals surface area contributed by atoms with Gasteiger partial charge in [0.15, 0.2) is 0 Å². The van der Waals surface area contributed by atoms with E-state index in [0.717, 1.165) is 0 Å². The number of hydrogen-bond donors (Lipinski definition) is 0. The van der Waals surface area contributed by atoms with Crippen molar-refractivity contribution in [2.75, 3.05) is 0 Å². The van der Waals surface area contributed by atoms with Crippen LogP contribution in [0.1, 0.15) is 32.1 Å². The predicted molar refractivity (Wildman–Crippen MR) is 51.0 cm³/mol. The lowest BCUT2D eigenvalue weighted by Crippen LogP contribution is -2.55. The van der Waals surface area contributed by atoms with Crippen LogP contribution < -0.4 is 0 Å². The van der Waals surface area contributed by atoms with Gasteiger partial charge in [0.1, 0.15) is 0 Å². The Morgan fingerprint density at radius 1 is 0.538 bits per heavy atom. The lowest BCUT2D eigenvalue weighted by molar-refractivity contribution is -0.125. The number of fused-ring (bicyclic) bond motifs is 1. The first-order valence-electron chi connectivity index (χ1n) is 6.43. The Morgan fingerprint density at radius 3 is 2.31 bits per heavy atom. The minimum Gasteiger partial charge on any atom is -0.0499 e. The average molecular weight is 174 g/mol. The molecular formula is C13H18. The fraction of sp³-hybridized carbons (Fsp3) is 1.00. The highest BCUT2D eigenvalue weighted by Crippen LogP contribution is 2.76. The second-order valence-electron chi connectivity index (χ2n) is 6.61. The SMILES string of the molecule is C1CC2CC3C4CC5C2C(CC14)C35. The minimum atomic E-state index is 1.20. The fourth-order valence-corrected chi connectivity index (χ4v) is 6.72. The maximum Gasteiger partial charge on any atom is -0.0320 e. The summed E-state index contributed by atoms with van der Waals surface area (Å²) < 4.78 is 0. The molecule has 0 heterocycles. The number of hydrogen-bond acceptors (Lipinski definition) is 0. The largest absolute Gasteiger partial charge is 0.0499 e. The lowest BCUT2D eigenvalue weighted by atomic mass is 9.44. The topological polar surface area (TPSA) is 0 Å². The summed E-state index contributed by atoms with van der Waals surface area (Å²) >= 11 is 0. The van der Waals surface area contributed by atoms with E-state index in [-0.39, 0.29) is 0 Å². The third-order valence-electron chi connectivity index (χ3n) is 6.77. The summed E-state index contributed by atoms with van der Waals surface area (Å²) in [5.74, 6) is 9.90. The van der Waals surface area contributed by atoms with E-state index >= 15 is 0 Å². The Bertz CT molecular complexity index is 267. The van der Waals surface area contributed by atoms with Crippen molar-refractivity contribution in [3.8, 4) is 0 Å². The molecule has 0 aromatic rings. The molecule has 0 saturated heterocycles. The van der Waals surface area contributed by atoms with Gasteiger partial charge in [-0.15, -0.1) is 0 Å². The predicted octanol–water partition coefficient (Wildman–Crippen LogP) is 2.93. The van der Waals surface area contributed by atoms with E-state index < -0.39 is 0 Å². The van der Waals surface area contributed by atoms with Crippen LogP contribution in [0.4, 0.5) is 0 Å². The molecule has 7 aliphatic rings. The molecule has 7 saturated carbocycles. The van der Waals surface area contributed by atoms with Crippen LogP contribution in [0.25, 0.3) is 0 Å². The summed E-state index contributed by atoms with van der Waals surface area (Å²) in [5.41, 5.74) is 0. The first kappa shape index (κ1) is 6.48. The molecule has 8 unspecified atom stereocenters. The van der Waals surface area contributed by atoms with Crippen LogP contribution in [-0.4, -0.2) is 0 Å². The molecule has 70 valence electrons. The molecule has 0 radical (unpaired) electrons. The molecule has 7 aliphatic carbocycles. The van der Waals surface area contributed by atoms with Crippen LogP contribution in [0.15, 0.2) is 0 Å². The Morgan fingerprint density at radius 2 is 1.31 bits per heavy atom. The van der Waals surface area contributed by atoms with Gasteiger partial charge in [0.25, 0.3) is 0 Å². The lowest BCUT2D eigenvalue weighted by Gasteiger charge is -2.60. The van der Waals surface area contributed by atoms with Crippen molar-refractivity contribution in [2.45, 2.75) is 32.1 Å². The second-order valence-corrected chi connectivity index (χ2v) is 6.61. The first-order chi connectivity index (χ1) is 6.43. The molecule has 8 bridgehead atoms. The highest BCUT2D eigenvalue weighted by molar-refractivity contribution is 5.18. The number of rotatable bonds is 0. The molecule has 13 heavy (non-hydrogen) atoms. The van der Waals surface area contributed by atoms with Gasteiger partial charge in [-0.2, -0.15) is 0 Å². The Labute approximate surface area is 80.1 Å². The quantitative estimate of drug-likeness (QED) is 0.529. The third-order valence-corrected chi connectivity index (χ3v) is 6.77. The van der Waals surface area contributed by atoms with Crippen molar-refractivity contribution in [3.63, 3.8) is 0 Å². The fourth-order valence-electron chi connectivity index (χ4n) is 6.72. The summed E-state index contributed by atoms with van der Waals surface area (Å²) in [6.07, 6.45) is 8.27. The molecule has 0 N–H and O–H groups in total. The van der Waals surface area contributed by atoms with E-state index in [0.29, 0.717) is 0 Å². The molecule has 0 aromatic carbocycles. The highest BCUT2D eigenvalue weighted by Gasteiger charge is 2.70. The van der Waals surface area contributed by atoms with E-state index in [1.54, 1.807) is 32.1 Å². The maximum atomic E-state index is 1.68. The Hall–Kier alpha value is 0. The Kier molecular flexibility index (Phi) is 0.860. The molecule has 0 spiro atoms. The molecule has 8 atom stereocenters. The van der Waals surface area contributed by atoms with Crippen LogP contribution in [-0.2, 0) is 0 Å². The van der Waals surface area contributed by atoms with Crippen molar-refractivity contribution in [3.05, 3.63) is 0 Å². The zero-order valence-electron chi connectivity index (χ0n) is 8.15. The summed E-state index contributed by atoms with van der Waals surface area (Å²) in [6, 6.07) is 0. The average Bonchev–Trinajstić information content (AvgIpc) is 2.39. The highest BCUT2D eigenvalue weighted by atomic mass is 14.7. The molecule has 7 fully saturated rings. The van der Waals surface area contributed by atoms with Crippen LogP contribution in [0.3, 0.4) is 0 Å². The molecule has 0 nitrogen and oxygen atoms in total. The van der Waals surface area contributed by atoms with E-state index in [4.69, 9.17) is 0 Å². The monoisotopic (exact) mass is 174 g/mol. The first-order valence-corrected chi connectivity index (χ1v) is 6.43. The zero-order valence-corrected chi connectivity index (χ0v) is 8.15. The van der Waals surface area contributed by atoms with Crippen molar-refractivity contribution in [1.82, 2.24) is 0 Å². The standard InChI is InChI=1S/C13H18/c1-2-7-4-9-8-5-11-12(7)10(13(9)11)3-6(1)8/h6-13H,1-5H2. The summed E-state index contributed by atoms with van der Waals surface area (Å²) in [5, 5.41) is 0. The normalized spacial score (nSPS) is 75.7. The van der Waals surface area contributed by atoms with Gasteiger partial charge in [0, 0.05) is 0 Å². The molecule has 0 aromatic heterocycles. The van der Waals surface area contributed by atoms with Gasteiger partial charge in [-0.1, -0.05) is 0 Å². The molecular weight excluding hydrogens is 156 g/mol. The van der Waals surface area contributed by atoms with Crippen molar-refractivity contribution in [2.24, 2.45) is 47.3 Å². The summed E-state index contributed by atoms with van der Waals surface area (Å²) in [7, 11) is 0. The second kappa shape index (κ2) is 1.73. The molecule has 0 aliphatic heterocycles. The van der Waals surface area contributed by atoms with Gasteiger partial charge in [0.2, 0.25) is 0 Å². The minimum absolute atomic E-state index is 1.20. The van der Waals surface area contributed by atoms with Crippen molar-refractivity contribution in [1.29, 1.82) is 0 Å². The summed E-state index contributed by atoms with van der Waals surface area (Å²) in [6.45, 7) is 0. The van der Waals surface area contributed by atoms with Gasteiger partial charge >= 0.3 is 0 Å². The van der Waals surface area contributed by atoms with Gasteiger partial charge in [-0.25, -0.2) is 0 Å². The van der Waals surface area contributed by atoms with Gasteiger partial charge < -0.3 is 0 Å². The van der Waals surface area contributed by atoms with Gasteiger partial charge in [0.05, 0.1) is 0 Å². The summed E-state index contributed by atoms with van der Waals surface area (Å²) in [4.78, 5) is 0. The van der Waals surface area contributed by atoms with Crippen LogP contribution in [0, 0.1) is 47.3 Å². The molecule has 0 amide bonds. The molecule has 7 rings (SSSR count). The van der Waals surface area contributed by atoms with Crippen molar-refractivity contribution < 1.29 is 0 Å². The van der Waals surface area contributed by atoms with Crippen LogP contribution in [0.2, 0.25) is 0 Å². The van der Waals surface area contributed by atoms with Crippen LogP contribution >= 0.6 is 0 Å². The van der Waals surface area contributed by atoms with Crippen molar-refractivity contribution >= 4 is 0 Å². The van der Waals surface area contributed by atoms with E-state index in [1.165, 1.54) is 47.3 Å². The maximum absolute atomic E-state index is 1.68. The van der Waals surface area contributed by atoms with E-state index in [9.17, 15) is 0 Å². The smallest absolute Gasteiger partial charge is 0.0320 e. The van der Waals surface area contributed by atoms with Gasteiger partial charge in [-0.05, 0) is 79.4 Å². The molecule has 0 heteroatoms. The van der Waals surface area contributed by atoms with Gasteiger partial charge in [-0.3, -0.25) is 0 Å². The van der Waals surface area contributed by atoms with E-state index in [1.807, 2.05) is 0 Å². The zero-order chi connectivity index (χ0) is 8.15. The third kappa shape index (κ3) is 0.500.